The number of carbonyl (C=O) groups is 1. The number of nitrogens with one attached hydrogen (secondary N) is 1. The normalized spacial score (nSPS) is 37.8. The lowest BCUT2D eigenvalue weighted by Crippen LogP contribution is -2.61. The average Bonchev–Trinajstić information content (AvgIpc) is 3.57. The van der Waals surface area contributed by atoms with Crippen molar-refractivity contribution in [3.8, 4) is 0 Å². The summed E-state index contributed by atoms with van der Waals surface area (Å²) in [5, 5.41) is 14.1. The molecule has 9 heteroatoms. The number of amides is 1. The fraction of sp³-hybridized carbons (Fsp3) is 0.783. The van der Waals surface area contributed by atoms with Crippen LogP contribution in [0.25, 0.3) is 0 Å². The highest BCUT2D eigenvalue weighted by atomic mass is 32.2. The number of carbonyl (C=O) groups excluding carboxylic acids is 1. The Morgan fingerprint density at radius 1 is 1.12 bits per heavy atom. The van der Waals surface area contributed by atoms with Gasteiger partial charge < -0.3 is 15.3 Å². The first-order chi connectivity index (χ1) is 15.3. The van der Waals surface area contributed by atoms with Gasteiger partial charge >= 0.3 is 0 Å². The van der Waals surface area contributed by atoms with Gasteiger partial charge in [0, 0.05) is 31.2 Å². The molecule has 32 heavy (non-hydrogen) atoms. The van der Waals surface area contributed by atoms with E-state index < -0.39 is 15.4 Å². The second kappa shape index (κ2) is 7.38. The summed E-state index contributed by atoms with van der Waals surface area (Å²) in [6.45, 7) is 1.01. The van der Waals surface area contributed by atoms with Crippen LogP contribution in [0.4, 0.5) is 5.95 Å². The van der Waals surface area contributed by atoms with Crippen LogP contribution in [0.2, 0.25) is 0 Å². The van der Waals surface area contributed by atoms with Crippen molar-refractivity contribution in [3.05, 3.63) is 17.5 Å². The van der Waals surface area contributed by atoms with Crippen LogP contribution in [-0.2, 0) is 9.84 Å². The van der Waals surface area contributed by atoms with Gasteiger partial charge in [-0.15, -0.1) is 0 Å². The molecule has 6 aliphatic rings. The Kier molecular flexibility index (Phi) is 4.81. The Bertz CT molecular complexity index is 1020. The molecule has 8 nitrogen and oxygen atoms in total. The standard InChI is InChI=1S/C23H32N4O4S/c28-21(25-19-16-8-14-9-17(19)12-23(29,10-14)11-16)18-13-24-22(26-20(18)15-2-3-15)27-4-1-6-32(30,31)7-5-27/h13-17,19,29H,1-12H2,(H,25,28). The molecule has 2 N–H and O–H groups in total. The van der Waals surface area contributed by atoms with Crippen LogP contribution in [0, 0.1) is 17.8 Å². The summed E-state index contributed by atoms with van der Waals surface area (Å²) in [6, 6.07) is 0.127. The monoisotopic (exact) mass is 460 g/mol. The minimum absolute atomic E-state index is 0.0960. The van der Waals surface area contributed by atoms with Gasteiger partial charge in [-0.1, -0.05) is 0 Å². The summed E-state index contributed by atoms with van der Waals surface area (Å²) < 4.78 is 23.9. The van der Waals surface area contributed by atoms with Gasteiger partial charge in [0.1, 0.15) is 0 Å². The smallest absolute Gasteiger partial charge is 0.254 e. The maximum absolute atomic E-state index is 13.4. The van der Waals surface area contributed by atoms with Crippen LogP contribution >= 0.6 is 0 Å². The molecule has 4 bridgehead atoms. The zero-order valence-corrected chi connectivity index (χ0v) is 19.2. The van der Waals surface area contributed by atoms with Crippen LogP contribution in [0.15, 0.2) is 6.20 Å². The van der Waals surface area contributed by atoms with Gasteiger partial charge in [0.15, 0.2) is 9.84 Å². The molecule has 7 rings (SSSR count). The van der Waals surface area contributed by atoms with Crippen molar-refractivity contribution in [3.63, 3.8) is 0 Å². The number of sulfone groups is 1. The van der Waals surface area contributed by atoms with Crippen molar-refractivity contribution in [2.24, 2.45) is 17.8 Å². The van der Waals surface area contributed by atoms with Crippen molar-refractivity contribution in [1.29, 1.82) is 0 Å². The summed E-state index contributed by atoms with van der Waals surface area (Å²) >= 11 is 0. The van der Waals surface area contributed by atoms with Crippen molar-refractivity contribution in [1.82, 2.24) is 15.3 Å². The van der Waals surface area contributed by atoms with E-state index in [0.717, 1.165) is 50.6 Å². The van der Waals surface area contributed by atoms with Crippen LogP contribution in [0.5, 0.6) is 0 Å². The molecule has 1 aliphatic heterocycles. The predicted octanol–water partition coefficient (Wildman–Crippen LogP) is 1.65. The Morgan fingerprint density at radius 2 is 1.88 bits per heavy atom. The molecule has 2 heterocycles. The maximum atomic E-state index is 13.4. The molecule has 174 valence electrons. The molecule has 2 unspecified atom stereocenters. The Labute approximate surface area is 189 Å². The molecule has 5 aliphatic carbocycles. The lowest BCUT2D eigenvalue weighted by atomic mass is 9.52. The fourth-order valence-electron chi connectivity index (χ4n) is 6.97. The fourth-order valence-corrected chi connectivity index (χ4v) is 8.24. The molecule has 1 aromatic heterocycles. The van der Waals surface area contributed by atoms with E-state index in [1.54, 1.807) is 6.20 Å². The van der Waals surface area contributed by atoms with E-state index >= 15 is 0 Å². The molecular weight excluding hydrogens is 428 g/mol. The van der Waals surface area contributed by atoms with E-state index in [2.05, 4.69) is 10.3 Å². The Balaban J connectivity index is 1.22. The second-order valence-corrected chi connectivity index (χ2v) is 13.2. The van der Waals surface area contributed by atoms with E-state index in [-0.39, 0.29) is 29.4 Å². The third-order valence-electron chi connectivity index (χ3n) is 8.39. The molecule has 1 aromatic rings. The lowest BCUT2D eigenvalue weighted by molar-refractivity contribution is -0.136. The van der Waals surface area contributed by atoms with Gasteiger partial charge in [-0.25, -0.2) is 18.4 Å². The highest BCUT2D eigenvalue weighted by Gasteiger charge is 2.55. The van der Waals surface area contributed by atoms with E-state index in [1.807, 2.05) is 4.90 Å². The number of aromatic nitrogens is 2. The number of aliphatic hydroxyl groups is 1. The number of nitrogens with zero attached hydrogens (tertiary/aromatic N) is 3. The molecule has 0 spiro atoms. The summed E-state index contributed by atoms with van der Waals surface area (Å²) in [7, 11) is -3.00. The van der Waals surface area contributed by atoms with Gasteiger partial charge in [-0.3, -0.25) is 4.79 Å². The summed E-state index contributed by atoms with van der Waals surface area (Å²) in [5.74, 6) is 2.38. The van der Waals surface area contributed by atoms with Crippen molar-refractivity contribution >= 4 is 21.7 Å². The third-order valence-corrected chi connectivity index (χ3v) is 10.1. The van der Waals surface area contributed by atoms with E-state index in [0.29, 0.717) is 48.8 Å². The molecule has 0 aromatic carbocycles. The molecule has 2 atom stereocenters. The number of hydrogen-bond acceptors (Lipinski definition) is 7. The first-order valence-corrected chi connectivity index (χ1v) is 14.0. The van der Waals surface area contributed by atoms with Gasteiger partial charge in [0.25, 0.3) is 5.91 Å². The lowest BCUT2D eigenvalue weighted by Gasteiger charge is -2.58. The van der Waals surface area contributed by atoms with E-state index in [4.69, 9.17) is 4.98 Å². The van der Waals surface area contributed by atoms with Crippen molar-refractivity contribution < 1.29 is 18.3 Å². The first-order valence-electron chi connectivity index (χ1n) is 12.1. The summed E-state index contributed by atoms with van der Waals surface area (Å²) in [5.41, 5.74) is 0.857. The number of anilines is 1. The minimum atomic E-state index is -3.00. The van der Waals surface area contributed by atoms with Crippen molar-refractivity contribution in [2.75, 3.05) is 29.5 Å². The van der Waals surface area contributed by atoms with Gasteiger partial charge in [-0.05, 0) is 69.1 Å². The SMILES string of the molecule is O=C(NC1C2CC3CC1CC(O)(C3)C2)c1cnc(N2CCCS(=O)(=O)CC2)nc1C1CC1. The largest absolute Gasteiger partial charge is 0.390 e. The summed E-state index contributed by atoms with van der Waals surface area (Å²) in [6.07, 6.45) is 9.00. The van der Waals surface area contributed by atoms with E-state index in [9.17, 15) is 18.3 Å². The van der Waals surface area contributed by atoms with E-state index in [1.165, 1.54) is 0 Å². The zero-order valence-electron chi connectivity index (χ0n) is 18.4. The quantitative estimate of drug-likeness (QED) is 0.702. The minimum Gasteiger partial charge on any atom is -0.390 e. The third kappa shape index (κ3) is 3.81. The van der Waals surface area contributed by atoms with Crippen LogP contribution < -0.4 is 10.2 Å². The highest BCUT2D eigenvalue weighted by Crippen LogP contribution is 2.55. The maximum Gasteiger partial charge on any atom is 0.254 e. The van der Waals surface area contributed by atoms with Crippen molar-refractivity contribution in [2.45, 2.75) is 68.9 Å². The number of rotatable bonds is 4. The highest BCUT2D eigenvalue weighted by molar-refractivity contribution is 7.91. The second-order valence-electron chi connectivity index (χ2n) is 10.9. The Hall–Kier alpha value is -1.74. The van der Waals surface area contributed by atoms with Crippen LogP contribution in [0.1, 0.15) is 73.3 Å². The van der Waals surface area contributed by atoms with Crippen LogP contribution in [0.3, 0.4) is 0 Å². The molecule has 0 radical (unpaired) electrons. The molecule has 6 fully saturated rings. The summed E-state index contributed by atoms with van der Waals surface area (Å²) in [4.78, 5) is 24.6. The van der Waals surface area contributed by atoms with Gasteiger partial charge in [-0.2, -0.15) is 0 Å². The van der Waals surface area contributed by atoms with Gasteiger partial charge in [0.05, 0.1) is 28.4 Å². The predicted molar refractivity (Wildman–Crippen MR) is 119 cm³/mol. The molecular formula is C23H32N4O4S. The molecule has 5 saturated carbocycles. The zero-order chi connectivity index (χ0) is 22.1. The molecule has 1 amide bonds. The first kappa shape index (κ1) is 20.8. The Morgan fingerprint density at radius 3 is 2.56 bits per heavy atom. The topological polar surface area (TPSA) is 112 Å². The van der Waals surface area contributed by atoms with Crippen LogP contribution in [-0.4, -0.2) is 65.6 Å². The average molecular weight is 461 g/mol. The molecule has 1 saturated heterocycles. The number of hydrogen-bond donors (Lipinski definition) is 2. The van der Waals surface area contributed by atoms with Gasteiger partial charge in [0.2, 0.25) is 5.95 Å².